The van der Waals surface area contributed by atoms with Gasteiger partial charge in [0.25, 0.3) is 0 Å². The Balaban J connectivity index is 1.93. The van der Waals surface area contributed by atoms with Gasteiger partial charge in [0, 0.05) is 11.6 Å². The summed E-state index contributed by atoms with van der Waals surface area (Å²) in [6, 6.07) is 6.62. The molecular weight excluding hydrogens is 214 g/mol. The van der Waals surface area contributed by atoms with E-state index in [2.05, 4.69) is 5.32 Å². The zero-order chi connectivity index (χ0) is 12.1. The van der Waals surface area contributed by atoms with Crippen molar-refractivity contribution in [2.24, 2.45) is 5.92 Å². The molecule has 0 unspecified atom stereocenters. The average molecular weight is 233 g/mol. The number of carbonyl (C=O) groups excluding carboxylic acids is 1. The second-order valence-corrected chi connectivity index (χ2v) is 4.72. The third-order valence-corrected chi connectivity index (χ3v) is 3.36. The maximum absolute atomic E-state index is 12.0. The summed E-state index contributed by atoms with van der Waals surface area (Å²) in [7, 11) is 0. The van der Waals surface area contributed by atoms with Gasteiger partial charge in [-0.1, -0.05) is 25.7 Å². The number of aromatic hydroxyl groups is 1. The summed E-state index contributed by atoms with van der Waals surface area (Å²) < 4.78 is 0. The molecule has 1 aliphatic carbocycles. The number of hydrogen-bond donors (Lipinski definition) is 2. The van der Waals surface area contributed by atoms with Crippen LogP contribution in [0, 0.1) is 5.92 Å². The molecule has 0 spiro atoms. The van der Waals surface area contributed by atoms with E-state index in [9.17, 15) is 4.79 Å². The summed E-state index contributed by atoms with van der Waals surface area (Å²) in [6.45, 7) is 0. The predicted octanol–water partition coefficient (Wildman–Crippen LogP) is 3.30. The van der Waals surface area contributed by atoms with Crippen LogP contribution in [0.25, 0.3) is 0 Å². The SMILES string of the molecule is O=C(Nc1ccc(O)cc1)C1CCCCCC1. The maximum Gasteiger partial charge on any atom is 0.227 e. The van der Waals surface area contributed by atoms with E-state index in [0.717, 1.165) is 31.4 Å². The number of rotatable bonds is 2. The molecular formula is C14H19NO2. The van der Waals surface area contributed by atoms with Crippen LogP contribution in [0.15, 0.2) is 24.3 Å². The summed E-state index contributed by atoms with van der Waals surface area (Å²) in [5.74, 6) is 0.501. The van der Waals surface area contributed by atoms with E-state index in [1.54, 1.807) is 24.3 Å². The minimum Gasteiger partial charge on any atom is -0.508 e. The van der Waals surface area contributed by atoms with E-state index < -0.39 is 0 Å². The van der Waals surface area contributed by atoms with Gasteiger partial charge in [-0.05, 0) is 37.1 Å². The van der Waals surface area contributed by atoms with Crippen molar-refractivity contribution < 1.29 is 9.90 Å². The second kappa shape index (κ2) is 5.71. The van der Waals surface area contributed by atoms with Gasteiger partial charge in [0.1, 0.15) is 5.75 Å². The molecule has 0 atom stereocenters. The van der Waals surface area contributed by atoms with Gasteiger partial charge in [0.15, 0.2) is 0 Å². The smallest absolute Gasteiger partial charge is 0.227 e. The fourth-order valence-electron chi connectivity index (χ4n) is 2.33. The molecule has 0 saturated heterocycles. The number of anilines is 1. The topological polar surface area (TPSA) is 49.3 Å². The van der Waals surface area contributed by atoms with Crippen molar-refractivity contribution >= 4 is 11.6 Å². The molecule has 1 amide bonds. The Morgan fingerprint density at radius 2 is 1.65 bits per heavy atom. The quantitative estimate of drug-likeness (QED) is 0.608. The molecule has 0 aliphatic heterocycles. The predicted molar refractivity (Wildman–Crippen MR) is 67.9 cm³/mol. The van der Waals surface area contributed by atoms with Gasteiger partial charge in [-0.25, -0.2) is 0 Å². The zero-order valence-electron chi connectivity index (χ0n) is 9.98. The summed E-state index contributed by atoms with van der Waals surface area (Å²) in [5.41, 5.74) is 0.761. The van der Waals surface area contributed by atoms with Crippen molar-refractivity contribution in [2.75, 3.05) is 5.32 Å². The Bertz CT molecular complexity index is 364. The molecule has 2 rings (SSSR count). The summed E-state index contributed by atoms with van der Waals surface area (Å²) in [5, 5.41) is 12.1. The summed E-state index contributed by atoms with van der Waals surface area (Å²) in [4.78, 5) is 12.0. The average Bonchev–Trinajstić information content (AvgIpc) is 2.61. The van der Waals surface area contributed by atoms with Crippen LogP contribution < -0.4 is 5.32 Å². The largest absolute Gasteiger partial charge is 0.508 e. The Morgan fingerprint density at radius 1 is 1.06 bits per heavy atom. The van der Waals surface area contributed by atoms with Gasteiger partial charge in [-0.2, -0.15) is 0 Å². The molecule has 3 nitrogen and oxygen atoms in total. The molecule has 1 saturated carbocycles. The van der Waals surface area contributed by atoms with E-state index in [4.69, 9.17) is 5.11 Å². The van der Waals surface area contributed by atoms with Crippen LogP contribution in [-0.4, -0.2) is 11.0 Å². The molecule has 1 aromatic rings. The molecule has 2 N–H and O–H groups in total. The van der Waals surface area contributed by atoms with Gasteiger partial charge in [0.2, 0.25) is 5.91 Å². The third-order valence-electron chi connectivity index (χ3n) is 3.36. The highest BCUT2D eigenvalue weighted by atomic mass is 16.3. The Morgan fingerprint density at radius 3 is 2.24 bits per heavy atom. The monoisotopic (exact) mass is 233 g/mol. The summed E-state index contributed by atoms with van der Waals surface area (Å²) >= 11 is 0. The Hall–Kier alpha value is -1.51. The fraction of sp³-hybridized carbons (Fsp3) is 0.500. The normalized spacial score (nSPS) is 17.4. The van der Waals surface area contributed by atoms with Crippen LogP contribution >= 0.6 is 0 Å². The van der Waals surface area contributed by atoms with Crippen molar-refractivity contribution in [3.8, 4) is 5.75 Å². The molecule has 1 fully saturated rings. The molecule has 3 heteroatoms. The minimum absolute atomic E-state index is 0.123. The van der Waals surface area contributed by atoms with E-state index in [0.29, 0.717) is 0 Å². The highest BCUT2D eigenvalue weighted by Crippen LogP contribution is 2.24. The Kier molecular flexibility index (Phi) is 4.02. The molecule has 0 radical (unpaired) electrons. The number of phenolic OH excluding ortho intramolecular Hbond substituents is 1. The number of benzene rings is 1. The van der Waals surface area contributed by atoms with Crippen LogP contribution in [0.2, 0.25) is 0 Å². The van der Waals surface area contributed by atoms with E-state index in [1.807, 2.05) is 0 Å². The molecule has 92 valence electrons. The van der Waals surface area contributed by atoms with Crippen LogP contribution in [0.5, 0.6) is 5.75 Å². The molecule has 1 aromatic carbocycles. The van der Waals surface area contributed by atoms with Crippen LogP contribution in [0.4, 0.5) is 5.69 Å². The standard InChI is InChI=1S/C14H19NO2/c16-13-9-7-12(8-10-13)15-14(17)11-5-3-1-2-4-6-11/h7-11,16H,1-6H2,(H,15,17). The number of phenols is 1. The lowest BCUT2D eigenvalue weighted by Crippen LogP contribution is -2.22. The lowest BCUT2D eigenvalue weighted by atomic mass is 9.99. The van der Waals surface area contributed by atoms with Crippen molar-refractivity contribution in [1.82, 2.24) is 0 Å². The number of nitrogens with one attached hydrogen (secondary N) is 1. The second-order valence-electron chi connectivity index (χ2n) is 4.72. The highest BCUT2D eigenvalue weighted by molar-refractivity contribution is 5.92. The van der Waals surface area contributed by atoms with E-state index in [-0.39, 0.29) is 17.6 Å². The fourth-order valence-corrected chi connectivity index (χ4v) is 2.33. The molecule has 1 aliphatic rings. The van der Waals surface area contributed by atoms with Crippen molar-refractivity contribution in [3.05, 3.63) is 24.3 Å². The lowest BCUT2D eigenvalue weighted by molar-refractivity contribution is -0.120. The minimum atomic E-state index is 0.123. The number of hydrogen-bond acceptors (Lipinski definition) is 2. The first kappa shape index (κ1) is 12.0. The van der Waals surface area contributed by atoms with E-state index >= 15 is 0 Å². The van der Waals surface area contributed by atoms with Crippen molar-refractivity contribution in [3.63, 3.8) is 0 Å². The van der Waals surface area contributed by atoms with Crippen molar-refractivity contribution in [1.29, 1.82) is 0 Å². The van der Waals surface area contributed by atoms with Crippen LogP contribution in [0.1, 0.15) is 38.5 Å². The third kappa shape index (κ3) is 3.48. The van der Waals surface area contributed by atoms with E-state index in [1.165, 1.54) is 12.8 Å². The zero-order valence-corrected chi connectivity index (χ0v) is 9.98. The first-order chi connectivity index (χ1) is 8.25. The molecule has 0 bridgehead atoms. The number of amides is 1. The number of carbonyl (C=O) groups is 1. The first-order valence-electron chi connectivity index (χ1n) is 6.35. The maximum atomic E-state index is 12.0. The van der Waals surface area contributed by atoms with Crippen LogP contribution in [0.3, 0.4) is 0 Å². The molecule has 17 heavy (non-hydrogen) atoms. The van der Waals surface area contributed by atoms with Gasteiger partial charge < -0.3 is 10.4 Å². The Labute approximate surface area is 102 Å². The van der Waals surface area contributed by atoms with Gasteiger partial charge in [-0.3, -0.25) is 4.79 Å². The molecule has 0 heterocycles. The first-order valence-corrected chi connectivity index (χ1v) is 6.35. The molecule has 0 aromatic heterocycles. The highest BCUT2D eigenvalue weighted by Gasteiger charge is 2.19. The van der Waals surface area contributed by atoms with Gasteiger partial charge in [0.05, 0.1) is 0 Å². The van der Waals surface area contributed by atoms with Gasteiger partial charge >= 0.3 is 0 Å². The lowest BCUT2D eigenvalue weighted by Gasteiger charge is -2.14. The van der Waals surface area contributed by atoms with Gasteiger partial charge in [-0.15, -0.1) is 0 Å². The van der Waals surface area contributed by atoms with Crippen LogP contribution in [-0.2, 0) is 4.79 Å². The van der Waals surface area contributed by atoms with Crippen molar-refractivity contribution in [2.45, 2.75) is 38.5 Å². The summed E-state index contributed by atoms with van der Waals surface area (Å²) in [6.07, 6.45) is 6.83.